The SMILES string of the molecule is OCc1ccc(OCCc2cccs2)c(C(F)(F)F)c1. The van der Waals surface area contributed by atoms with Gasteiger partial charge in [0.15, 0.2) is 0 Å². The Bertz CT molecular complexity index is 550. The number of benzene rings is 1. The summed E-state index contributed by atoms with van der Waals surface area (Å²) < 4.78 is 44.0. The molecule has 2 aromatic rings. The third-order valence-corrected chi connectivity index (χ3v) is 3.65. The summed E-state index contributed by atoms with van der Waals surface area (Å²) in [6.07, 6.45) is -3.93. The summed E-state index contributed by atoms with van der Waals surface area (Å²) in [7, 11) is 0. The second kappa shape index (κ2) is 6.28. The first-order valence-corrected chi connectivity index (χ1v) is 6.85. The van der Waals surface area contributed by atoms with Crippen LogP contribution in [0.3, 0.4) is 0 Å². The van der Waals surface area contributed by atoms with Crippen LogP contribution in [0, 0.1) is 0 Å². The fourth-order valence-electron chi connectivity index (χ4n) is 1.74. The highest BCUT2D eigenvalue weighted by atomic mass is 32.1. The first-order valence-electron chi connectivity index (χ1n) is 5.97. The Kier molecular flexibility index (Phi) is 4.67. The Morgan fingerprint density at radius 3 is 2.60 bits per heavy atom. The third kappa shape index (κ3) is 3.74. The fourth-order valence-corrected chi connectivity index (χ4v) is 2.43. The minimum Gasteiger partial charge on any atom is -0.493 e. The number of rotatable bonds is 5. The summed E-state index contributed by atoms with van der Waals surface area (Å²) >= 11 is 1.54. The smallest absolute Gasteiger partial charge is 0.419 e. The maximum atomic E-state index is 12.9. The molecule has 0 aliphatic carbocycles. The highest BCUT2D eigenvalue weighted by molar-refractivity contribution is 7.09. The molecule has 0 unspecified atom stereocenters. The topological polar surface area (TPSA) is 29.5 Å². The first-order chi connectivity index (χ1) is 9.50. The number of hydrogen-bond donors (Lipinski definition) is 1. The number of hydrogen-bond acceptors (Lipinski definition) is 3. The van der Waals surface area contributed by atoms with Gasteiger partial charge in [0.2, 0.25) is 0 Å². The van der Waals surface area contributed by atoms with Crippen LogP contribution in [0.15, 0.2) is 35.7 Å². The van der Waals surface area contributed by atoms with E-state index in [1.54, 1.807) is 0 Å². The summed E-state index contributed by atoms with van der Waals surface area (Å²) in [5.74, 6) is -0.203. The molecule has 0 aliphatic heterocycles. The lowest BCUT2D eigenvalue weighted by molar-refractivity contribution is -0.139. The van der Waals surface area contributed by atoms with Crippen molar-refractivity contribution < 1.29 is 23.0 Å². The largest absolute Gasteiger partial charge is 0.493 e. The van der Waals surface area contributed by atoms with Crippen molar-refractivity contribution in [1.82, 2.24) is 0 Å². The molecular formula is C14H13F3O2S. The van der Waals surface area contributed by atoms with Gasteiger partial charge in [-0.1, -0.05) is 12.1 Å². The minimum atomic E-state index is -4.50. The molecule has 0 saturated carbocycles. The van der Waals surface area contributed by atoms with Crippen molar-refractivity contribution in [2.45, 2.75) is 19.2 Å². The Balaban J connectivity index is 2.10. The van der Waals surface area contributed by atoms with Crippen molar-refractivity contribution in [3.8, 4) is 5.75 Å². The van der Waals surface area contributed by atoms with Crippen LogP contribution in [0.4, 0.5) is 13.2 Å². The van der Waals surface area contributed by atoms with E-state index in [4.69, 9.17) is 9.84 Å². The van der Waals surface area contributed by atoms with Gasteiger partial charge in [-0.2, -0.15) is 13.2 Å². The van der Waals surface area contributed by atoms with E-state index < -0.39 is 18.3 Å². The van der Waals surface area contributed by atoms with Crippen molar-refractivity contribution in [2.75, 3.05) is 6.61 Å². The van der Waals surface area contributed by atoms with Gasteiger partial charge >= 0.3 is 6.18 Å². The normalized spacial score (nSPS) is 11.6. The highest BCUT2D eigenvalue weighted by Gasteiger charge is 2.34. The van der Waals surface area contributed by atoms with Crippen LogP contribution in [0.2, 0.25) is 0 Å². The summed E-state index contributed by atoms with van der Waals surface area (Å²) in [6, 6.07) is 7.39. The molecule has 0 saturated heterocycles. The summed E-state index contributed by atoms with van der Waals surface area (Å²) in [5.41, 5.74) is -0.641. The van der Waals surface area contributed by atoms with E-state index in [0.29, 0.717) is 6.42 Å². The summed E-state index contributed by atoms with van der Waals surface area (Å²) in [6.45, 7) is -0.249. The van der Waals surface area contributed by atoms with Crippen LogP contribution >= 0.6 is 11.3 Å². The molecule has 1 heterocycles. The van der Waals surface area contributed by atoms with E-state index in [1.807, 2.05) is 17.5 Å². The van der Waals surface area contributed by atoms with Crippen LogP contribution in [-0.2, 0) is 19.2 Å². The molecule has 20 heavy (non-hydrogen) atoms. The van der Waals surface area contributed by atoms with Crippen LogP contribution in [0.5, 0.6) is 5.75 Å². The van der Waals surface area contributed by atoms with Gasteiger partial charge in [-0.15, -0.1) is 11.3 Å². The molecule has 2 nitrogen and oxygen atoms in total. The van der Waals surface area contributed by atoms with E-state index >= 15 is 0 Å². The zero-order chi connectivity index (χ0) is 14.6. The van der Waals surface area contributed by atoms with Gasteiger partial charge in [0.25, 0.3) is 0 Å². The third-order valence-electron chi connectivity index (χ3n) is 2.72. The van der Waals surface area contributed by atoms with Gasteiger partial charge in [0, 0.05) is 11.3 Å². The van der Waals surface area contributed by atoms with Crippen LogP contribution in [0.1, 0.15) is 16.0 Å². The minimum absolute atomic E-state index is 0.183. The van der Waals surface area contributed by atoms with Crippen LogP contribution in [0.25, 0.3) is 0 Å². The Hall–Kier alpha value is -1.53. The van der Waals surface area contributed by atoms with Gasteiger partial charge < -0.3 is 9.84 Å². The van der Waals surface area contributed by atoms with E-state index in [1.165, 1.54) is 23.5 Å². The molecule has 1 N–H and O–H groups in total. The van der Waals surface area contributed by atoms with Gasteiger partial charge in [0.1, 0.15) is 5.75 Å². The van der Waals surface area contributed by atoms with Crippen molar-refractivity contribution in [1.29, 1.82) is 0 Å². The standard InChI is InChI=1S/C14H13F3O2S/c15-14(16,17)12-8-10(9-18)3-4-13(12)19-6-5-11-2-1-7-20-11/h1-4,7-8,18H,5-6,9H2. The maximum absolute atomic E-state index is 12.9. The molecule has 0 amide bonds. The fraction of sp³-hybridized carbons (Fsp3) is 0.286. The van der Waals surface area contributed by atoms with E-state index in [9.17, 15) is 13.2 Å². The zero-order valence-corrected chi connectivity index (χ0v) is 11.3. The molecule has 108 valence electrons. The number of aliphatic hydroxyl groups is 1. The lowest BCUT2D eigenvalue weighted by Gasteiger charge is -2.14. The maximum Gasteiger partial charge on any atom is 0.419 e. The van der Waals surface area contributed by atoms with Crippen molar-refractivity contribution >= 4 is 11.3 Å². The van der Waals surface area contributed by atoms with Crippen molar-refractivity contribution in [3.63, 3.8) is 0 Å². The average molecular weight is 302 g/mol. The van der Waals surface area contributed by atoms with Crippen LogP contribution < -0.4 is 4.74 Å². The van der Waals surface area contributed by atoms with Crippen molar-refractivity contribution in [2.24, 2.45) is 0 Å². The second-order valence-corrected chi connectivity index (χ2v) is 5.20. The van der Waals surface area contributed by atoms with E-state index in [0.717, 1.165) is 10.9 Å². The average Bonchev–Trinajstić information content (AvgIpc) is 2.91. The number of aliphatic hydroxyl groups excluding tert-OH is 1. The first kappa shape index (κ1) is 14.9. The van der Waals surface area contributed by atoms with Crippen LogP contribution in [-0.4, -0.2) is 11.7 Å². The highest BCUT2D eigenvalue weighted by Crippen LogP contribution is 2.37. The molecule has 0 radical (unpaired) electrons. The Labute approximate surface area is 118 Å². The number of halogens is 3. The molecule has 6 heteroatoms. The van der Waals surface area contributed by atoms with Gasteiger partial charge in [0.05, 0.1) is 18.8 Å². The molecule has 0 spiro atoms. The zero-order valence-electron chi connectivity index (χ0n) is 10.5. The van der Waals surface area contributed by atoms with E-state index in [-0.39, 0.29) is 17.9 Å². The Morgan fingerprint density at radius 2 is 2.00 bits per heavy atom. The molecule has 0 aliphatic rings. The monoisotopic (exact) mass is 302 g/mol. The molecule has 0 atom stereocenters. The predicted molar refractivity (Wildman–Crippen MR) is 70.9 cm³/mol. The van der Waals surface area contributed by atoms with E-state index in [2.05, 4.69) is 0 Å². The lowest BCUT2D eigenvalue weighted by Crippen LogP contribution is -2.11. The number of thiophene rings is 1. The molecule has 1 aromatic heterocycles. The number of alkyl halides is 3. The number of ether oxygens (including phenoxy) is 1. The lowest BCUT2D eigenvalue weighted by atomic mass is 10.1. The molecule has 1 aromatic carbocycles. The molecule has 0 fully saturated rings. The van der Waals surface area contributed by atoms with Crippen molar-refractivity contribution in [3.05, 3.63) is 51.7 Å². The second-order valence-electron chi connectivity index (χ2n) is 4.16. The van der Waals surface area contributed by atoms with Gasteiger partial charge in [-0.05, 0) is 29.1 Å². The molecule has 2 rings (SSSR count). The molecular weight excluding hydrogens is 289 g/mol. The van der Waals surface area contributed by atoms with Gasteiger partial charge in [-0.3, -0.25) is 0 Å². The summed E-state index contributed by atoms with van der Waals surface area (Å²) in [5, 5.41) is 10.8. The molecule has 0 bridgehead atoms. The van der Waals surface area contributed by atoms with Gasteiger partial charge in [-0.25, -0.2) is 0 Å². The predicted octanol–water partition coefficient (Wildman–Crippen LogP) is 3.88. The Morgan fingerprint density at radius 1 is 1.20 bits per heavy atom. The quantitative estimate of drug-likeness (QED) is 0.908. The summed E-state index contributed by atoms with van der Waals surface area (Å²) in [4.78, 5) is 1.06.